The quantitative estimate of drug-likeness (QED) is 0.162. The maximum atomic E-state index is 9.13. The summed E-state index contributed by atoms with van der Waals surface area (Å²) >= 11 is 1.81. The number of nitrogens with zero attached hydrogens (tertiary/aromatic N) is 2. The number of phenolic OH excluding ortho intramolecular Hbond substituents is 1. The van der Waals surface area contributed by atoms with Crippen LogP contribution >= 0.6 is 24.8 Å². The number of hydrogen-bond acceptors (Lipinski definition) is 3. The van der Waals surface area contributed by atoms with E-state index in [0.29, 0.717) is 5.75 Å². The normalized spacial score (nSPS) is 8.92. The second-order valence-electron chi connectivity index (χ2n) is 8.01. The van der Waals surface area contributed by atoms with E-state index in [0.717, 1.165) is 10.8 Å². The number of benzene rings is 4. The Morgan fingerprint density at radius 3 is 1.47 bits per heavy atom. The standard InChI is InChI=1S/C17H19N2.C10H8O.2C2H5.2ClH.Si.Ti/c1-18(2)14-7-5-12-9-13-6-8-15(19(3)4)11-17(13)16(12)10-14;11-10-6-5-8-3-1-2-4-9(8)7-10;2*1-2;;;;/h5-11H,1-4H3;1-7,11H;2*1H2,2H3;2*1H;;/q-1;;2*-1;;;;. The van der Waals surface area contributed by atoms with Crippen LogP contribution in [0.5, 0.6) is 5.75 Å². The van der Waals surface area contributed by atoms with E-state index in [1.54, 1.807) is 45.2 Å². The molecule has 5 aromatic rings. The molecule has 38 heavy (non-hydrogen) atoms. The van der Waals surface area contributed by atoms with Crippen molar-refractivity contribution in [1.82, 2.24) is 0 Å². The Morgan fingerprint density at radius 2 is 1.05 bits per heavy atom. The van der Waals surface area contributed by atoms with Crippen molar-refractivity contribution in [2.45, 2.75) is 13.8 Å². The molecule has 0 aliphatic carbocycles. The zero-order chi connectivity index (χ0) is 27.3. The maximum absolute atomic E-state index is 9.13. The van der Waals surface area contributed by atoms with Crippen LogP contribution in [0.4, 0.5) is 11.4 Å². The second kappa shape index (κ2) is 19.9. The fraction of sp³-hybridized carbons (Fsp3) is 0.194. The van der Waals surface area contributed by atoms with Crippen LogP contribution in [0.25, 0.3) is 32.3 Å². The van der Waals surface area contributed by atoms with Crippen LogP contribution < -0.4 is 9.80 Å². The van der Waals surface area contributed by atoms with Crippen molar-refractivity contribution in [2.24, 2.45) is 0 Å². The number of rotatable bonds is 2. The van der Waals surface area contributed by atoms with E-state index in [-0.39, 0.29) is 24.8 Å². The van der Waals surface area contributed by atoms with Crippen LogP contribution in [0.15, 0.2) is 84.9 Å². The zero-order valence-electron chi connectivity index (χ0n) is 23.2. The average Bonchev–Trinajstić information content (AvgIpc) is 3.29. The summed E-state index contributed by atoms with van der Waals surface area (Å²) in [7, 11) is 11.3. The fourth-order valence-corrected chi connectivity index (χ4v) is 3.71. The van der Waals surface area contributed by atoms with Crippen molar-refractivity contribution in [3.05, 3.63) is 98.8 Å². The summed E-state index contributed by atoms with van der Waals surface area (Å²) in [5.74, 6) is 0.323. The molecule has 204 valence electrons. The van der Waals surface area contributed by atoms with Gasteiger partial charge in [0, 0.05) is 39.6 Å². The molecule has 0 amide bonds. The van der Waals surface area contributed by atoms with Crippen LogP contribution in [0.2, 0.25) is 0 Å². The molecule has 0 heterocycles. The summed E-state index contributed by atoms with van der Waals surface area (Å²) in [6.45, 7) is 10.0. The molecule has 0 unspecified atom stereocenters. The Bertz CT molecular complexity index is 1290. The van der Waals surface area contributed by atoms with Crippen molar-refractivity contribution >= 4 is 76.1 Å². The van der Waals surface area contributed by atoms with Gasteiger partial charge in [-0.1, -0.05) is 54.6 Å². The first-order valence-corrected chi connectivity index (χ1v) is 14.6. The molecule has 0 saturated heterocycles. The summed E-state index contributed by atoms with van der Waals surface area (Å²) in [4.78, 5) is 4.29. The summed E-state index contributed by atoms with van der Waals surface area (Å²) in [6, 6.07) is 28.9. The molecule has 0 aliphatic heterocycles. The van der Waals surface area contributed by atoms with Gasteiger partial charge in [0.2, 0.25) is 0 Å². The van der Waals surface area contributed by atoms with Crippen LogP contribution in [-0.2, 0) is 19.2 Å². The monoisotopic (exact) mass is 601 g/mol. The summed E-state index contributed by atoms with van der Waals surface area (Å²) < 4.78 is 0. The first kappa shape index (κ1) is 38.1. The third-order valence-corrected chi connectivity index (χ3v) is 5.44. The third kappa shape index (κ3) is 10.2. The molecule has 0 fully saturated rings. The van der Waals surface area contributed by atoms with E-state index in [4.69, 9.17) is 5.11 Å². The van der Waals surface area contributed by atoms with Gasteiger partial charge < -0.3 is 28.8 Å². The SMILES string of the molecule is CN(C)c1ccc2[cH-]c3ccc(N(C)C)cc3c2c1.Cl.Cl.Oc1ccc2ccccc2c1.[CH2-]C.[CH2-]C.[Si]=[Ti]. The number of halogens is 2. The molecule has 5 rings (SSSR count). The fourth-order valence-electron chi connectivity index (χ4n) is 3.71. The summed E-state index contributed by atoms with van der Waals surface area (Å²) in [6.07, 6.45) is 0. The molecule has 5 aromatic carbocycles. The van der Waals surface area contributed by atoms with Gasteiger partial charge in [-0.15, -0.1) is 64.6 Å². The van der Waals surface area contributed by atoms with E-state index in [2.05, 4.69) is 102 Å². The molecular formula is C31H39Cl2N2OSiTi-3. The molecule has 7 heteroatoms. The molecule has 1 N–H and O–H groups in total. The van der Waals surface area contributed by atoms with Gasteiger partial charge in [0.05, 0.1) is 0 Å². The molecule has 0 atom stereocenters. The van der Waals surface area contributed by atoms with Crippen LogP contribution in [0.3, 0.4) is 0 Å². The molecule has 2 radical (unpaired) electrons. The minimum absolute atomic E-state index is 0. The van der Waals surface area contributed by atoms with Gasteiger partial charge in [-0.05, 0) is 22.9 Å². The predicted octanol–water partition coefficient (Wildman–Crippen LogP) is 8.53. The third-order valence-electron chi connectivity index (χ3n) is 5.44. The van der Waals surface area contributed by atoms with Gasteiger partial charge in [-0.2, -0.15) is 13.8 Å². The van der Waals surface area contributed by atoms with E-state index >= 15 is 0 Å². The Labute approximate surface area is 255 Å². The van der Waals surface area contributed by atoms with Crippen molar-refractivity contribution in [2.75, 3.05) is 38.0 Å². The van der Waals surface area contributed by atoms with E-state index in [1.165, 1.54) is 32.9 Å². The van der Waals surface area contributed by atoms with E-state index in [9.17, 15) is 0 Å². The van der Waals surface area contributed by atoms with Crippen molar-refractivity contribution in [1.29, 1.82) is 0 Å². The average molecular weight is 603 g/mol. The topological polar surface area (TPSA) is 26.7 Å². The molecule has 0 bridgehead atoms. The van der Waals surface area contributed by atoms with E-state index < -0.39 is 0 Å². The van der Waals surface area contributed by atoms with Gasteiger partial charge in [0.1, 0.15) is 5.75 Å². The van der Waals surface area contributed by atoms with Crippen molar-refractivity contribution < 1.29 is 24.3 Å². The van der Waals surface area contributed by atoms with Gasteiger partial charge >= 0.3 is 26.8 Å². The zero-order valence-corrected chi connectivity index (χ0v) is 27.3. The van der Waals surface area contributed by atoms with Crippen molar-refractivity contribution in [3.8, 4) is 5.75 Å². The molecular weight excluding hydrogens is 563 g/mol. The van der Waals surface area contributed by atoms with Crippen LogP contribution in [-0.4, -0.2) is 40.9 Å². The summed E-state index contributed by atoms with van der Waals surface area (Å²) in [5.41, 5.74) is 2.49. The second-order valence-corrected chi connectivity index (χ2v) is 8.01. The van der Waals surface area contributed by atoms with E-state index in [1.807, 2.05) is 30.3 Å². The van der Waals surface area contributed by atoms with Gasteiger partial charge in [-0.25, -0.2) is 0 Å². The number of anilines is 2. The Morgan fingerprint density at radius 1 is 0.632 bits per heavy atom. The first-order chi connectivity index (χ1) is 17.4. The van der Waals surface area contributed by atoms with Gasteiger partial charge in [0.15, 0.2) is 0 Å². The van der Waals surface area contributed by atoms with Crippen molar-refractivity contribution in [3.63, 3.8) is 0 Å². The Balaban J connectivity index is 0. The molecule has 0 aromatic heterocycles. The molecule has 3 nitrogen and oxygen atoms in total. The first-order valence-electron chi connectivity index (χ1n) is 11.7. The van der Waals surface area contributed by atoms with Gasteiger partial charge in [-0.3, -0.25) is 0 Å². The van der Waals surface area contributed by atoms with Crippen LogP contribution in [0, 0.1) is 13.8 Å². The number of hydrogen-bond donors (Lipinski definition) is 1. The number of fused-ring (bicyclic) bond motifs is 4. The number of phenols is 1. The Hall–Kier alpha value is -2.08. The predicted molar refractivity (Wildman–Crippen MR) is 174 cm³/mol. The minimum atomic E-state index is 0. The summed E-state index contributed by atoms with van der Waals surface area (Å²) in [5, 5.41) is 16.7. The molecule has 0 spiro atoms. The Kier molecular flexibility index (Phi) is 19.9. The molecule has 0 saturated carbocycles. The van der Waals surface area contributed by atoms with Gasteiger partial charge in [0.25, 0.3) is 0 Å². The molecule has 0 aliphatic rings. The number of aromatic hydroxyl groups is 1. The van der Waals surface area contributed by atoms with Crippen LogP contribution in [0.1, 0.15) is 13.8 Å².